The molecule has 1 fully saturated rings. The van der Waals surface area contributed by atoms with Gasteiger partial charge in [-0.05, 0) is 39.2 Å². The molecule has 3 amide bonds. The Morgan fingerprint density at radius 2 is 1.86 bits per heavy atom. The van der Waals surface area contributed by atoms with Crippen molar-refractivity contribution in [3.05, 3.63) is 54.1 Å². The number of benzene rings is 1. The monoisotopic (exact) mass is 499 g/mol. The molecule has 2 aromatic rings. The average molecular weight is 500 g/mol. The molecule has 0 bridgehead atoms. The number of aliphatic carboxylic acids is 1. The molecule has 0 unspecified atom stereocenters. The molecule has 1 saturated heterocycles. The Balaban J connectivity index is 1.75. The van der Waals surface area contributed by atoms with Crippen molar-refractivity contribution < 1.29 is 29.0 Å². The highest BCUT2D eigenvalue weighted by molar-refractivity contribution is 5.93. The molecule has 0 radical (unpaired) electrons. The maximum atomic E-state index is 13.2. The number of aromatic nitrogens is 2. The zero-order valence-electron chi connectivity index (χ0n) is 20.7. The second-order valence-corrected chi connectivity index (χ2v) is 9.76. The predicted octanol–water partition coefficient (Wildman–Crippen LogP) is 1.65. The molecule has 3 atom stereocenters. The SMILES string of the molecule is CC(C)(C)OC(=O)N1CCC[C@H]1C(=O)N[C@@H](Cc1ccccc1)C(=O)N[C@@H](Cc1cnc[nH]1)C(=O)O. The molecule has 0 aliphatic carbocycles. The van der Waals surface area contributed by atoms with Crippen molar-refractivity contribution in [2.45, 2.75) is 70.2 Å². The van der Waals surface area contributed by atoms with Crippen molar-refractivity contribution in [2.75, 3.05) is 6.54 Å². The van der Waals surface area contributed by atoms with Crippen LogP contribution in [0.4, 0.5) is 4.79 Å². The molecule has 4 N–H and O–H groups in total. The van der Waals surface area contributed by atoms with Gasteiger partial charge in [-0.1, -0.05) is 30.3 Å². The summed E-state index contributed by atoms with van der Waals surface area (Å²) in [6.45, 7) is 5.61. The second kappa shape index (κ2) is 11.7. The number of carboxylic acid groups (broad SMARTS) is 1. The number of carbonyl (C=O) groups is 4. The highest BCUT2D eigenvalue weighted by atomic mass is 16.6. The van der Waals surface area contributed by atoms with Crippen LogP contribution in [-0.2, 0) is 32.0 Å². The molecular formula is C25H33N5O6. The van der Waals surface area contributed by atoms with Crippen LogP contribution in [0.2, 0.25) is 0 Å². The lowest BCUT2D eigenvalue weighted by Gasteiger charge is -2.29. The molecular weight excluding hydrogens is 466 g/mol. The smallest absolute Gasteiger partial charge is 0.410 e. The number of aromatic amines is 1. The number of nitrogens with zero attached hydrogens (tertiary/aromatic N) is 2. The van der Waals surface area contributed by atoms with E-state index in [9.17, 15) is 24.3 Å². The van der Waals surface area contributed by atoms with Crippen molar-refractivity contribution in [1.29, 1.82) is 0 Å². The van der Waals surface area contributed by atoms with Gasteiger partial charge in [-0.2, -0.15) is 0 Å². The lowest BCUT2D eigenvalue weighted by atomic mass is 10.0. The lowest BCUT2D eigenvalue weighted by molar-refractivity contribution is -0.142. The predicted molar refractivity (Wildman–Crippen MR) is 130 cm³/mol. The number of ether oxygens (including phenoxy) is 1. The molecule has 2 heterocycles. The summed E-state index contributed by atoms with van der Waals surface area (Å²) in [6.07, 6.45) is 3.52. The molecule has 194 valence electrons. The van der Waals surface area contributed by atoms with Gasteiger partial charge in [-0.3, -0.25) is 14.5 Å². The first-order valence-electron chi connectivity index (χ1n) is 11.9. The van der Waals surface area contributed by atoms with Crippen LogP contribution in [0.25, 0.3) is 0 Å². The normalized spacial score (nSPS) is 17.2. The lowest BCUT2D eigenvalue weighted by Crippen LogP contribution is -2.56. The van der Waals surface area contributed by atoms with Gasteiger partial charge in [0.25, 0.3) is 0 Å². The van der Waals surface area contributed by atoms with Crippen LogP contribution in [0, 0.1) is 0 Å². The highest BCUT2D eigenvalue weighted by Crippen LogP contribution is 2.21. The Morgan fingerprint density at radius 1 is 1.14 bits per heavy atom. The van der Waals surface area contributed by atoms with E-state index < -0.39 is 47.6 Å². The van der Waals surface area contributed by atoms with Gasteiger partial charge in [0.2, 0.25) is 11.8 Å². The summed E-state index contributed by atoms with van der Waals surface area (Å²) in [5.41, 5.74) is 0.621. The van der Waals surface area contributed by atoms with E-state index in [1.807, 2.05) is 30.3 Å². The van der Waals surface area contributed by atoms with Gasteiger partial charge in [0, 0.05) is 31.3 Å². The van der Waals surface area contributed by atoms with Gasteiger partial charge in [-0.15, -0.1) is 0 Å². The van der Waals surface area contributed by atoms with E-state index in [2.05, 4.69) is 20.6 Å². The minimum atomic E-state index is -1.22. The summed E-state index contributed by atoms with van der Waals surface area (Å²) in [5, 5.41) is 14.9. The maximum Gasteiger partial charge on any atom is 0.410 e. The van der Waals surface area contributed by atoms with Gasteiger partial charge in [0.05, 0.1) is 6.33 Å². The molecule has 1 aliphatic heterocycles. The second-order valence-electron chi connectivity index (χ2n) is 9.76. The molecule has 3 rings (SSSR count). The minimum Gasteiger partial charge on any atom is -0.480 e. The number of amides is 3. The van der Waals surface area contributed by atoms with E-state index in [0.29, 0.717) is 25.1 Å². The van der Waals surface area contributed by atoms with Crippen molar-refractivity contribution >= 4 is 23.9 Å². The van der Waals surface area contributed by atoms with Crippen molar-refractivity contribution in [2.24, 2.45) is 0 Å². The number of rotatable bonds is 9. The van der Waals surface area contributed by atoms with Crippen LogP contribution < -0.4 is 10.6 Å². The number of hydrogen-bond donors (Lipinski definition) is 4. The largest absolute Gasteiger partial charge is 0.480 e. The van der Waals surface area contributed by atoms with Crippen molar-refractivity contribution in [3.63, 3.8) is 0 Å². The Labute approximate surface area is 209 Å². The van der Waals surface area contributed by atoms with Crippen molar-refractivity contribution in [1.82, 2.24) is 25.5 Å². The average Bonchev–Trinajstić information content (AvgIpc) is 3.50. The fourth-order valence-electron chi connectivity index (χ4n) is 3.99. The van der Waals surface area contributed by atoms with Gasteiger partial charge < -0.3 is 25.5 Å². The van der Waals surface area contributed by atoms with Crippen LogP contribution in [0.5, 0.6) is 0 Å². The first kappa shape index (κ1) is 26.7. The van der Waals surface area contributed by atoms with Crippen LogP contribution in [0.15, 0.2) is 42.9 Å². The molecule has 11 nitrogen and oxygen atoms in total. The van der Waals surface area contributed by atoms with Crippen LogP contribution in [-0.4, -0.2) is 74.1 Å². The summed E-state index contributed by atoms with van der Waals surface area (Å²) in [7, 11) is 0. The Hall–Kier alpha value is -3.89. The summed E-state index contributed by atoms with van der Waals surface area (Å²) in [4.78, 5) is 59.0. The maximum absolute atomic E-state index is 13.2. The summed E-state index contributed by atoms with van der Waals surface area (Å²) < 4.78 is 5.43. The highest BCUT2D eigenvalue weighted by Gasteiger charge is 2.38. The van der Waals surface area contributed by atoms with Gasteiger partial charge in [0.1, 0.15) is 23.7 Å². The topological polar surface area (TPSA) is 154 Å². The van der Waals surface area contributed by atoms with Crippen LogP contribution >= 0.6 is 0 Å². The fraction of sp³-hybridized carbons (Fsp3) is 0.480. The third kappa shape index (κ3) is 7.56. The third-order valence-electron chi connectivity index (χ3n) is 5.69. The number of carboxylic acids is 1. The molecule has 1 aromatic carbocycles. The summed E-state index contributed by atoms with van der Waals surface area (Å²) in [6, 6.07) is 6.02. The number of H-pyrrole nitrogens is 1. The Morgan fingerprint density at radius 3 is 2.47 bits per heavy atom. The number of hydrogen-bond acceptors (Lipinski definition) is 6. The van der Waals surface area contributed by atoms with Crippen molar-refractivity contribution in [3.8, 4) is 0 Å². The van der Waals surface area contributed by atoms with Gasteiger partial charge >= 0.3 is 12.1 Å². The Bertz CT molecular complexity index is 1050. The first-order chi connectivity index (χ1) is 17.0. The van der Waals surface area contributed by atoms with Crippen LogP contribution in [0.1, 0.15) is 44.9 Å². The molecule has 36 heavy (non-hydrogen) atoms. The quantitative estimate of drug-likeness (QED) is 0.409. The molecule has 11 heteroatoms. The summed E-state index contributed by atoms with van der Waals surface area (Å²) >= 11 is 0. The first-order valence-corrected chi connectivity index (χ1v) is 11.9. The number of carbonyl (C=O) groups excluding carboxylic acids is 3. The number of nitrogens with one attached hydrogen (secondary N) is 3. The van der Waals surface area contributed by atoms with Gasteiger partial charge in [0.15, 0.2) is 0 Å². The molecule has 1 aliphatic rings. The van der Waals surface area contributed by atoms with E-state index in [1.54, 1.807) is 20.8 Å². The van der Waals surface area contributed by atoms with Crippen LogP contribution in [0.3, 0.4) is 0 Å². The molecule has 0 spiro atoms. The Kier molecular flexibility index (Phi) is 8.68. The number of imidazole rings is 1. The van der Waals surface area contributed by atoms with E-state index in [0.717, 1.165) is 5.56 Å². The van der Waals surface area contributed by atoms with Gasteiger partial charge in [-0.25, -0.2) is 14.6 Å². The zero-order chi connectivity index (χ0) is 26.3. The van der Waals surface area contributed by atoms with E-state index in [4.69, 9.17) is 4.74 Å². The minimum absolute atomic E-state index is 0.00211. The standard InChI is InChI=1S/C25H33N5O6/c1-25(2,3)36-24(35)30-11-7-10-20(30)22(32)28-18(12-16-8-5-4-6-9-16)21(31)29-19(23(33)34)13-17-14-26-15-27-17/h4-6,8-9,14-15,18-20H,7,10-13H2,1-3H3,(H,26,27)(H,28,32)(H,29,31)(H,33,34)/t18-,19-,20-/m0/s1. The summed E-state index contributed by atoms with van der Waals surface area (Å²) in [5.74, 6) is -2.34. The fourth-order valence-corrected chi connectivity index (χ4v) is 3.99. The van der Waals surface area contributed by atoms with E-state index in [1.165, 1.54) is 17.4 Å². The van der Waals surface area contributed by atoms with E-state index >= 15 is 0 Å². The molecule has 0 saturated carbocycles. The van der Waals surface area contributed by atoms with E-state index in [-0.39, 0.29) is 12.8 Å². The zero-order valence-corrected chi connectivity index (χ0v) is 20.7. The third-order valence-corrected chi connectivity index (χ3v) is 5.69. The number of likely N-dealkylation sites (tertiary alicyclic amines) is 1. The molecule has 1 aromatic heterocycles.